The molecule has 0 saturated carbocycles. The molecule has 0 spiro atoms. The highest BCUT2D eigenvalue weighted by molar-refractivity contribution is 9.08. The van der Waals surface area contributed by atoms with Crippen LogP contribution in [0.15, 0.2) is 18.2 Å². The standard InChI is InChI=1S/C10H10BrClO2/c1-2-14-10(13)7-4-3-5-9(12)8(7)6-11/h3-5H,2,6H2,1H3. The predicted octanol–water partition coefficient (Wildman–Crippen LogP) is 3.41. The van der Waals surface area contributed by atoms with Crippen molar-refractivity contribution in [2.75, 3.05) is 6.61 Å². The molecule has 0 aliphatic carbocycles. The van der Waals surface area contributed by atoms with Crippen LogP contribution in [0.1, 0.15) is 22.8 Å². The van der Waals surface area contributed by atoms with Crippen LogP contribution in [0.25, 0.3) is 0 Å². The number of halogens is 2. The largest absolute Gasteiger partial charge is 0.462 e. The quantitative estimate of drug-likeness (QED) is 0.625. The summed E-state index contributed by atoms with van der Waals surface area (Å²) in [5.41, 5.74) is 1.30. The SMILES string of the molecule is CCOC(=O)c1cccc(Cl)c1CBr. The lowest BCUT2D eigenvalue weighted by Crippen LogP contribution is -2.07. The second-order valence-electron chi connectivity index (χ2n) is 2.62. The monoisotopic (exact) mass is 276 g/mol. The summed E-state index contributed by atoms with van der Waals surface area (Å²) in [6, 6.07) is 5.20. The first-order valence-electron chi connectivity index (χ1n) is 4.21. The molecule has 0 fully saturated rings. The minimum absolute atomic E-state index is 0.329. The van der Waals surface area contributed by atoms with Crippen molar-refractivity contribution in [1.82, 2.24) is 0 Å². The van der Waals surface area contributed by atoms with Gasteiger partial charge in [0.1, 0.15) is 0 Å². The van der Waals surface area contributed by atoms with Crippen LogP contribution in [0, 0.1) is 0 Å². The summed E-state index contributed by atoms with van der Waals surface area (Å²) in [7, 11) is 0. The summed E-state index contributed by atoms with van der Waals surface area (Å²) in [4.78, 5) is 11.5. The van der Waals surface area contributed by atoms with Gasteiger partial charge in [0.2, 0.25) is 0 Å². The van der Waals surface area contributed by atoms with Gasteiger partial charge < -0.3 is 4.74 Å². The Bertz CT molecular complexity index is 339. The van der Waals surface area contributed by atoms with E-state index in [4.69, 9.17) is 16.3 Å². The Kier molecular flexibility index (Phi) is 4.42. The van der Waals surface area contributed by atoms with Gasteiger partial charge in [-0.1, -0.05) is 33.6 Å². The molecule has 4 heteroatoms. The molecule has 0 radical (unpaired) electrons. The second kappa shape index (κ2) is 5.37. The zero-order valence-corrected chi connectivity index (χ0v) is 10.1. The summed E-state index contributed by atoms with van der Waals surface area (Å²) in [5.74, 6) is -0.329. The zero-order chi connectivity index (χ0) is 10.6. The van der Waals surface area contributed by atoms with E-state index in [1.54, 1.807) is 25.1 Å². The molecule has 14 heavy (non-hydrogen) atoms. The van der Waals surface area contributed by atoms with Crippen molar-refractivity contribution in [2.45, 2.75) is 12.3 Å². The third-order valence-electron chi connectivity index (χ3n) is 1.75. The Balaban J connectivity index is 3.07. The first-order valence-corrected chi connectivity index (χ1v) is 5.71. The maximum Gasteiger partial charge on any atom is 0.338 e. The van der Waals surface area contributed by atoms with Gasteiger partial charge in [-0.05, 0) is 24.6 Å². The van der Waals surface area contributed by atoms with Crippen molar-refractivity contribution in [3.63, 3.8) is 0 Å². The second-order valence-corrected chi connectivity index (χ2v) is 3.59. The third kappa shape index (κ3) is 2.49. The average Bonchev–Trinajstić information content (AvgIpc) is 2.17. The lowest BCUT2D eigenvalue weighted by atomic mass is 10.1. The highest BCUT2D eigenvalue weighted by atomic mass is 79.9. The maximum absolute atomic E-state index is 11.5. The van der Waals surface area contributed by atoms with Gasteiger partial charge in [0, 0.05) is 10.4 Å². The van der Waals surface area contributed by atoms with Gasteiger partial charge in [0.25, 0.3) is 0 Å². The van der Waals surface area contributed by atoms with E-state index in [-0.39, 0.29) is 5.97 Å². The fraction of sp³-hybridized carbons (Fsp3) is 0.300. The van der Waals surface area contributed by atoms with Crippen LogP contribution in [0.3, 0.4) is 0 Å². The number of carbonyl (C=O) groups is 1. The molecule has 0 N–H and O–H groups in total. The van der Waals surface area contributed by atoms with E-state index < -0.39 is 0 Å². The Morgan fingerprint density at radius 1 is 1.57 bits per heavy atom. The number of carbonyl (C=O) groups excluding carboxylic acids is 1. The summed E-state index contributed by atoms with van der Waals surface area (Å²) >= 11 is 9.22. The molecule has 0 heterocycles. The number of ether oxygens (including phenoxy) is 1. The average molecular weight is 278 g/mol. The molecule has 0 atom stereocenters. The van der Waals surface area contributed by atoms with Crippen molar-refractivity contribution in [1.29, 1.82) is 0 Å². The molecule has 1 aromatic carbocycles. The smallest absolute Gasteiger partial charge is 0.338 e. The van der Waals surface area contributed by atoms with Crippen LogP contribution < -0.4 is 0 Å². The Hall–Kier alpha value is -0.540. The van der Waals surface area contributed by atoms with Gasteiger partial charge in [-0.3, -0.25) is 0 Å². The fourth-order valence-electron chi connectivity index (χ4n) is 1.09. The topological polar surface area (TPSA) is 26.3 Å². The number of hydrogen-bond donors (Lipinski definition) is 0. The molecule has 76 valence electrons. The first-order chi connectivity index (χ1) is 6.70. The lowest BCUT2D eigenvalue weighted by Gasteiger charge is -2.07. The lowest BCUT2D eigenvalue weighted by molar-refractivity contribution is 0.0525. The van der Waals surface area contributed by atoms with Crippen molar-refractivity contribution >= 4 is 33.5 Å². The number of benzene rings is 1. The summed E-state index contributed by atoms with van der Waals surface area (Å²) in [5, 5.41) is 1.12. The van der Waals surface area contributed by atoms with Crippen LogP contribution in [-0.4, -0.2) is 12.6 Å². The molecular weight excluding hydrogens is 267 g/mol. The molecule has 1 aromatic rings. The summed E-state index contributed by atoms with van der Waals surface area (Å²) in [6.07, 6.45) is 0. The van der Waals surface area contributed by atoms with Gasteiger partial charge >= 0.3 is 5.97 Å². The molecule has 2 nitrogen and oxygen atoms in total. The Morgan fingerprint density at radius 2 is 2.29 bits per heavy atom. The van der Waals surface area contributed by atoms with E-state index in [0.717, 1.165) is 5.56 Å². The highest BCUT2D eigenvalue weighted by Gasteiger charge is 2.13. The van der Waals surface area contributed by atoms with Crippen molar-refractivity contribution in [2.24, 2.45) is 0 Å². The number of hydrogen-bond acceptors (Lipinski definition) is 2. The van der Waals surface area contributed by atoms with Crippen LogP contribution in [0.2, 0.25) is 5.02 Å². The van der Waals surface area contributed by atoms with E-state index in [2.05, 4.69) is 15.9 Å². The normalized spacial score (nSPS) is 9.93. The summed E-state index contributed by atoms with van der Waals surface area (Å²) in [6.45, 7) is 2.14. The van der Waals surface area contributed by atoms with Gasteiger partial charge in [-0.25, -0.2) is 4.79 Å². The minimum atomic E-state index is -0.329. The van der Waals surface area contributed by atoms with E-state index in [1.807, 2.05) is 0 Å². The molecule has 0 aromatic heterocycles. The van der Waals surface area contributed by atoms with Crippen molar-refractivity contribution in [3.8, 4) is 0 Å². The first kappa shape index (κ1) is 11.5. The van der Waals surface area contributed by atoms with E-state index in [1.165, 1.54) is 0 Å². The van der Waals surface area contributed by atoms with Gasteiger partial charge in [0.15, 0.2) is 0 Å². The highest BCUT2D eigenvalue weighted by Crippen LogP contribution is 2.23. The van der Waals surface area contributed by atoms with Crippen LogP contribution in [0.5, 0.6) is 0 Å². The molecule has 0 bridgehead atoms. The molecule has 1 rings (SSSR count). The molecular formula is C10H10BrClO2. The molecule has 0 saturated heterocycles. The third-order valence-corrected chi connectivity index (χ3v) is 2.66. The molecule has 0 unspecified atom stereocenters. The molecule has 0 amide bonds. The van der Waals surface area contributed by atoms with E-state index in [0.29, 0.717) is 22.5 Å². The summed E-state index contributed by atoms with van der Waals surface area (Å²) < 4.78 is 4.91. The number of rotatable bonds is 3. The predicted molar refractivity (Wildman–Crippen MR) is 60.0 cm³/mol. The van der Waals surface area contributed by atoms with Crippen molar-refractivity contribution < 1.29 is 9.53 Å². The molecule has 0 aliphatic rings. The Labute approximate surface area is 96.3 Å². The fourth-order valence-corrected chi connectivity index (χ4v) is 2.10. The van der Waals surface area contributed by atoms with Crippen LogP contribution in [0.4, 0.5) is 0 Å². The molecule has 0 aliphatic heterocycles. The minimum Gasteiger partial charge on any atom is -0.462 e. The van der Waals surface area contributed by atoms with Crippen molar-refractivity contribution in [3.05, 3.63) is 34.3 Å². The van der Waals surface area contributed by atoms with Gasteiger partial charge in [-0.2, -0.15) is 0 Å². The van der Waals surface area contributed by atoms with Crippen LogP contribution in [-0.2, 0) is 10.1 Å². The number of alkyl halides is 1. The van der Waals surface area contributed by atoms with E-state index >= 15 is 0 Å². The number of esters is 1. The zero-order valence-electron chi connectivity index (χ0n) is 7.72. The van der Waals surface area contributed by atoms with Gasteiger partial charge in [-0.15, -0.1) is 0 Å². The van der Waals surface area contributed by atoms with Crippen LogP contribution >= 0.6 is 27.5 Å². The maximum atomic E-state index is 11.5. The van der Waals surface area contributed by atoms with Gasteiger partial charge in [0.05, 0.1) is 12.2 Å². The van der Waals surface area contributed by atoms with E-state index in [9.17, 15) is 4.79 Å². The Morgan fingerprint density at radius 3 is 2.86 bits per heavy atom.